The monoisotopic (exact) mass is 315 g/mol. The molecule has 24 heavy (non-hydrogen) atoms. The highest BCUT2D eigenvalue weighted by Gasteiger charge is 2.46. The van der Waals surface area contributed by atoms with E-state index in [4.69, 9.17) is 5.73 Å². The van der Waals surface area contributed by atoms with Crippen LogP contribution in [0, 0.1) is 6.92 Å². The Hall–Kier alpha value is -2.61. The van der Waals surface area contributed by atoms with Crippen LogP contribution in [0.25, 0.3) is 10.8 Å². The summed E-state index contributed by atoms with van der Waals surface area (Å²) in [5.74, 6) is 0.199. The number of hydrogen-bond acceptors (Lipinski definition) is 2. The largest absolute Gasteiger partial charge is 0.399 e. The van der Waals surface area contributed by atoms with Gasteiger partial charge in [-0.1, -0.05) is 48.5 Å². The van der Waals surface area contributed by atoms with Crippen molar-refractivity contribution in [1.29, 1.82) is 0 Å². The molecule has 4 rings (SSSR count). The molecule has 0 atom stereocenters. The number of hydrogen-bond donors (Lipinski definition) is 1. The maximum absolute atomic E-state index is 12.9. The first kappa shape index (κ1) is 14.9. The van der Waals surface area contributed by atoms with Crippen LogP contribution in [0.5, 0.6) is 0 Å². The molecule has 0 aliphatic heterocycles. The van der Waals surface area contributed by atoms with Crippen LogP contribution in [0.1, 0.15) is 40.7 Å². The summed E-state index contributed by atoms with van der Waals surface area (Å²) < 4.78 is 0. The van der Waals surface area contributed by atoms with Crippen molar-refractivity contribution in [1.82, 2.24) is 0 Å². The lowest BCUT2D eigenvalue weighted by molar-refractivity contribution is 0.0969. The Bertz CT molecular complexity index is 932. The molecule has 3 aromatic rings. The molecule has 1 fully saturated rings. The molecule has 0 radical (unpaired) electrons. The van der Waals surface area contributed by atoms with Crippen molar-refractivity contribution in [3.8, 4) is 0 Å². The quantitative estimate of drug-likeness (QED) is 0.541. The van der Waals surface area contributed by atoms with Gasteiger partial charge in [-0.3, -0.25) is 4.79 Å². The maximum Gasteiger partial charge on any atom is 0.164 e. The van der Waals surface area contributed by atoms with Crippen molar-refractivity contribution in [2.75, 3.05) is 5.73 Å². The van der Waals surface area contributed by atoms with Gasteiger partial charge < -0.3 is 5.73 Å². The van der Waals surface area contributed by atoms with Gasteiger partial charge in [0.1, 0.15) is 0 Å². The second kappa shape index (κ2) is 5.48. The van der Waals surface area contributed by atoms with E-state index in [0.29, 0.717) is 12.1 Å². The van der Waals surface area contributed by atoms with Crippen LogP contribution < -0.4 is 5.73 Å². The van der Waals surface area contributed by atoms with Gasteiger partial charge in [-0.15, -0.1) is 0 Å². The van der Waals surface area contributed by atoms with Gasteiger partial charge in [-0.25, -0.2) is 0 Å². The molecule has 2 heteroatoms. The standard InChI is InChI=1S/C22H21NO/c1-15-9-10-17(23)13-19(15)21(24)14-22(11-12-22)20-8-4-6-16-5-2-3-7-18(16)20/h2-10,13H,11-12,14,23H2,1H3. The van der Waals surface area contributed by atoms with E-state index in [9.17, 15) is 4.79 Å². The fraction of sp³-hybridized carbons (Fsp3) is 0.227. The molecular formula is C22H21NO. The minimum atomic E-state index is -0.00497. The number of nitrogen functional groups attached to an aromatic ring is 1. The molecule has 0 spiro atoms. The van der Waals surface area contributed by atoms with Gasteiger partial charge in [0, 0.05) is 23.1 Å². The molecule has 0 amide bonds. The Kier molecular flexibility index (Phi) is 3.42. The molecule has 0 heterocycles. The van der Waals surface area contributed by atoms with E-state index in [1.54, 1.807) is 0 Å². The van der Waals surface area contributed by atoms with E-state index in [1.807, 2.05) is 25.1 Å². The zero-order chi connectivity index (χ0) is 16.7. The fourth-order valence-electron chi connectivity index (χ4n) is 3.72. The normalized spacial score (nSPS) is 15.4. The van der Waals surface area contributed by atoms with Crippen LogP contribution in [0.15, 0.2) is 60.7 Å². The second-order valence-corrected chi connectivity index (χ2v) is 6.98. The van der Waals surface area contributed by atoms with E-state index in [2.05, 4.69) is 42.5 Å². The van der Waals surface area contributed by atoms with E-state index < -0.39 is 0 Å². The molecule has 0 bridgehead atoms. The van der Waals surface area contributed by atoms with Crippen molar-refractivity contribution < 1.29 is 4.79 Å². The third-order valence-corrected chi connectivity index (χ3v) is 5.28. The zero-order valence-corrected chi connectivity index (χ0v) is 13.9. The smallest absolute Gasteiger partial charge is 0.164 e. The molecule has 3 aromatic carbocycles. The van der Waals surface area contributed by atoms with E-state index in [-0.39, 0.29) is 11.2 Å². The predicted octanol–water partition coefficient (Wildman–Crippen LogP) is 5.04. The summed E-state index contributed by atoms with van der Waals surface area (Å²) in [5.41, 5.74) is 9.61. The third kappa shape index (κ3) is 2.48. The van der Waals surface area contributed by atoms with Crippen molar-refractivity contribution in [3.05, 3.63) is 77.4 Å². The van der Waals surface area contributed by atoms with Gasteiger partial charge in [0.25, 0.3) is 0 Å². The summed E-state index contributed by atoms with van der Waals surface area (Å²) >= 11 is 0. The highest BCUT2D eigenvalue weighted by Crippen LogP contribution is 2.53. The molecule has 2 N–H and O–H groups in total. The lowest BCUT2D eigenvalue weighted by Crippen LogP contribution is -2.15. The van der Waals surface area contributed by atoms with Gasteiger partial charge >= 0.3 is 0 Å². The van der Waals surface area contributed by atoms with Crippen molar-refractivity contribution >= 4 is 22.2 Å². The molecule has 0 unspecified atom stereocenters. The van der Waals surface area contributed by atoms with Crippen LogP contribution in [0.2, 0.25) is 0 Å². The highest BCUT2D eigenvalue weighted by molar-refractivity contribution is 6.00. The Labute approximate surface area is 142 Å². The first-order valence-corrected chi connectivity index (χ1v) is 8.47. The summed E-state index contributed by atoms with van der Waals surface area (Å²) in [6, 6.07) is 20.5. The molecule has 0 saturated heterocycles. The van der Waals surface area contributed by atoms with Gasteiger partial charge in [0.05, 0.1) is 0 Å². The number of benzene rings is 3. The SMILES string of the molecule is Cc1ccc(N)cc1C(=O)CC1(c2cccc3ccccc23)CC1. The van der Waals surface area contributed by atoms with Crippen molar-refractivity contribution in [3.63, 3.8) is 0 Å². The summed E-state index contributed by atoms with van der Waals surface area (Å²) in [4.78, 5) is 12.9. The average Bonchev–Trinajstić information content (AvgIpc) is 3.37. The Morgan fingerprint density at radius 2 is 1.79 bits per heavy atom. The average molecular weight is 315 g/mol. The lowest BCUT2D eigenvalue weighted by Gasteiger charge is -2.18. The minimum absolute atomic E-state index is 0.00497. The third-order valence-electron chi connectivity index (χ3n) is 5.28. The maximum atomic E-state index is 12.9. The number of aryl methyl sites for hydroxylation is 1. The molecule has 1 saturated carbocycles. The number of carbonyl (C=O) groups is 1. The number of carbonyl (C=O) groups excluding carboxylic acids is 1. The number of rotatable bonds is 4. The predicted molar refractivity (Wildman–Crippen MR) is 99.4 cm³/mol. The van der Waals surface area contributed by atoms with Crippen LogP contribution in [-0.4, -0.2) is 5.78 Å². The molecule has 120 valence electrons. The summed E-state index contributed by atoms with van der Waals surface area (Å²) in [5, 5.41) is 2.52. The van der Waals surface area contributed by atoms with Crippen molar-refractivity contribution in [2.45, 2.75) is 31.6 Å². The van der Waals surface area contributed by atoms with Gasteiger partial charge in [-0.2, -0.15) is 0 Å². The molecule has 2 nitrogen and oxygen atoms in total. The fourth-order valence-corrected chi connectivity index (χ4v) is 3.72. The van der Waals surface area contributed by atoms with Crippen LogP contribution >= 0.6 is 0 Å². The minimum Gasteiger partial charge on any atom is -0.399 e. The molecule has 1 aliphatic carbocycles. The van der Waals surface area contributed by atoms with E-state index in [0.717, 1.165) is 24.0 Å². The van der Waals surface area contributed by atoms with Crippen LogP contribution in [-0.2, 0) is 5.41 Å². The summed E-state index contributed by atoms with van der Waals surface area (Å²) in [6.45, 7) is 1.98. The molecular weight excluding hydrogens is 294 g/mol. The molecule has 1 aliphatic rings. The van der Waals surface area contributed by atoms with E-state index >= 15 is 0 Å². The van der Waals surface area contributed by atoms with Gasteiger partial charge in [-0.05, 0) is 53.8 Å². The van der Waals surface area contributed by atoms with Crippen LogP contribution in [0.4, 0.5) is 5.69 Å². The van der Waals surface area contributed by atoms with Crippen LogP contribution in [0.3, 0.4) is 0 Å². The van der Waals surface area contributed by atoms with Crippen molar-refractivity contribution in [2.24, 2.45) is 0 Å². The second-order valence-electron chi connectivity index (χ2n) is 6.98. The van der Waals surface area contributed by atoms with Gasteiger partial charge in [0.15, 0.2) is 5.78 Å². The Balaban J connectivity index is 1.71. The number of ketones is 1. The number of anilines is 1. The number of fused-ring (bicyclic) bond motifs is 1. The summed E-state index contributed by atoms with van der Waals surface area (Å²) in [6.07, 6.45) is 2.72. The van der Waals surface area contributed by atoms with E-state index in [1.165, 1.54) is 16.3 Å². The molecule has 0 aromatic heterocycles. The first-order valence-electron chi connectivity index (χ1n) is 8.47. The Morgan fingerprint density at radius 1 is 1.04 bits per heavy atom. The number of Topliss-reactive ketones (excluding diaryl/α,β-unsaturated/α-hetero) is 1. The zero-order valence-electron chi connectivity index (χ0n) is 13.9. The summed E-state index contributed by atoms with van der Waals surface area (Å²) in [7, 11) is 0. The van der Waals surface area contributed by atoms with Gasteiger partial charge in [0.2, 0.25) is 0 Å². The highest BCUT2D eigenvalue weighted by atomic mass is 16.1. The lowest BCUT2D eigenvalue weighted by atomic mass is 9.85. The topological polar surface area (TPSA) is 43.1 Å². The first-order chi connectivity index (χ1) is 11.6. The Morgan fingerprint density at radius 3 is 2.58 bits per heavy atom. The number of nitrogens with two attached hydrogens (primary N) is 1.